The van der Waals surface area contributed by atoms with E-state index in [1.807, 2.05) is 10.6 Å². The average Bonchev–Trinajstić information content (AvgIpc) is 3.58. The van der Waals surface area contributed by atoms with Crippen LogP contribution in [0.4, 0.5) is 17.1 Å². The van der Waals surface area contributed by atoms with Crippen LogP contribution < -0.4 is 15.9 Å². The molecule has 2 N–H and O–H groups in total. The Morgan fingerprint density at radius 1 is 1.03 bits per heavy atom. The molecule has 5 nitrogen and oxygen atoms in total. The van der Waals surface area contributed by atoms with E-state index in [9.17, 15) is 4.79 Å². The van der Waals surface area contributed by atoms with Crippen molar-refractivity contribution in [2.45, 2.75) is 64.8 Å². The van der Waals surface area contributed by atoms with Crippen LogP contribution in [0.3, 0.4) is 0 Å². The highest BCUT2D eigenvalue weighted by Gasteiger charge is 2.26. The second kappa shape index (κ2) is 9.43. The Hall–Kier alpha value is -2.69. The van der Waals surface area contributed by atoms with Crippen LogP contribution in [0.5, 0.6) is 0 Å². The Labute approximate surface area is 190 Å². The predicted molar refractivity (Wildman–Crippen MR) is 134 cm³/mol. The molecule has 0 saturated heterocycles. The molecule has 5 rings (SSSR count). The zero-order chi connectivity index (χ0) is 21.9. The van der Waals surface area contributed by atoms with Crippen molar-refractivity contribution in [2.24, 2.45) is 11.8 Å². The first-order chi connectivity index (χ1) is 15.7. The van der Waals surface area contributed by atoms with Crippen molar-refractivity contribution in [1.82, 2.24) is 9.55 Å². The summed E-state index contributed by atoms with van der Waals surface area (Å²) in [5.74, 6) is 1.42. The van der Waals surface area contributed by atoms with E-state index < -0.39 is 0 Å². The maximum absolute atomic E-state index is 12.9. The molecule has 3 aromatic rings. The predicted octanol–water partition coefficient (Wildman–Crippen LogP) is 6.28. The zero-order valence-electron chi connectivity index (χ0n) is 19.3. The van der Waals surface area contributed by atoms with Crippen LogP contribution in [-0.4, -0.2) is 22.6 Å². The number of nitrogens with one attached hydrogen (secondary N) is 2. The van der Waals surface area contributed by atoms with Crippen molar-refractivity contribution in [1.29, 1.82) is 0 Å². The van der Waals surface area contributed by atoms with Crippen molar-refractivity contribution in [2.75, 3.05) is 23.3 Å². The second-order valence-electron chi connectivity index (χ2n) is 9.81. The molecule has 2 aliphatic rings. The Bertz CT molecular complexity index is 1090. The summed E-state index contributed by atoms with van der Waals surface area (Å²) in [5.41, 5.74) is 5.36. The molecule has 2 aromatic carbocycles. The van der Waals surface area contributed by atoms with Crippen LogP contribution in [0, 0.1) is 11.8 Å². The third kappa shape index (κ3) is 4.72. The summed E-state index contributed by atoms with van der Waals surface area (Å²) < 4.78 is 2.00. The Morgan fingerprint density at radius 3 is 2.53 bits per heavy atom. The van der Waals surface area contributed by atoms with E-state index in [4.69, 9.17) is 0 Å². The van der Waals surface area contributed by atoms with Crippen molar-refractivity contribution >= 4 is 28.1 Å². The van der Waals surface area contributed by atoms with Gasteiger partial charge in [0.15, 0.2) is 0 Å². The van der Waals surface area contributed by atoms with E-state index >= 15 is 0 Å². The lowest BCUT2D eigenvalue weighted by molar-refractivity contribution is 0.319. The largest absolute Gasteiger partial charge is 0.370 e. The number of H-pyrrole nitrogens is 1. The normalized spacial score (nSPS) is 17.0. The molecule has 5 heteroatoms. The SMILES string of the molecule is CCCN(CC1CC1)c1cc2c(cc1Nc1ccccc1)[nH]c(=O)n2CC1CCCCC1. The van der Waals surface area contributed by atoms with Gasteiger partial charge < -0.3 is 15.2 Å². The number of fused-ring (bicyclic) bond motifs is 1. The van der Waals surface area contributed by atoms with E-state index in [2.05, 4.69) is 58.5 Å². The Kier molecular flexibility index (Phi) is 6.24. The molecule has 0 bridgehead atoms. The third-order valence-corrected chi connectivity index (χ3v) is 7.12. The van der Waals surface area contributed by atoms with Gasteiger partial charge in [0.2, 0.25) is 0 Å². The summed E-state index contributed by atoms with van der Waals surface area (Å²) >= 11 is 0. The van der Waals surface area contributed by atoms with Gasteiger partial charge in [-0.25, -0.2) is 4.79 Å². The molecule has 0 spiro atoms. The van der Waals surface area contributed by atoms with E-state index in [-0.39, 0.29) is 5.69 Å². The van der Waals surface area contributed by atoms with Gasteiger partial charge in [0.1, 0.15) is 0 Å². The zero-order valence-corrected chi connectivity index (χ0v) is 19.3. The fourth-order valence-corrected chi connectivity index (χ4v) is 5.23. The van der Waals surface area contributed by atoms with Crippen LogP contribution >= 0.6 is 0 Å². The molecular weight excluding hydrogens is 396 g/mol. The smallest absolute Gasteiger partial charge is 0.326 e. The molecule has 0 radical (unpaired) electrons. The second-order valence-corrected chi connectivity index (χ2v) is 9.81. The number of aromatic amines is 1. The van der Waals surface area contributed by atoms with E-state index in [1.165, 1.54) is 50.6 Å². The lowest BCUT2D eigenvalue weighted by atomic mass is 9.89. The van der Waals surface area contributed by atoms with Gasteiger partial charge in [-0.1, -0.05) is 44.4 Å². The standard InChI is InChI=1S/C27H36N4O/c1-2-15-30(18-21-13-14-21)25-17-26-24(16-23(25)28-22-11-7-4-8-12-22)29-27(32)31(26)19-20-9-5-3-6-10-20/h4,7-8,11-12,16-17,20-21,28H,2-3,5-6,9-10,13-15,18-19H2,1H3,(H,29,32). The maximum Gasteiger partial charge on any atom is 0.326 e. The number of hydrogen-bond donors (Lipinski definition) is 2. The van der Waals surface area contributed by atoms with Crippen molar-refractivity contribution in [3.8, 4) is 0 Å². The molecule has 0 aliphatic heterocycles. The van der Waals surface area contributed by atoms with Gasteiger partial charge in [-0.2, -0.15) is 0 Å². The van der Waals surface area contributed by atoms with Gasteiger partial charge in [-0.3, -0.25) is 4.57 Å². The number of para-hydroxylation sites is 1. The fourth-order valence-electron chi connectivity index (χ4n) is 5.23. The monoisotopic (exact) mass is 432 g/mol. The maximum atomic E-state index is 12.9. The van der Waals surface area contributed by atoms with E-state index in [1.54, 1.807) is 0 Å². The van der Waals surface area contributed by atoms with Gasteiger partial charge >= 0.3 is 5.69 Å². The third-order valence-electron chi connectivity index (χ3n) is 7.12. The van der Waals surface area contributed by atoms with Crippen LogP contribution in [0.15, 0.2) is 47.3 Å². The minimum Gasteiger partial charge on any atom is -0.370 e. The number of imidazole rings is 1. The summed E-state index contributed by atoms with van der Waals surface area (Å²) in [4.78, 5) is 18.6. The van der Waals surface area contributed by atoms with Gasteiger partial charge in [0.25, 0.3) is 0 Å². The van der Waals surface area contributed by atoms with E-state index in [0.29, 0.717) is 5.92 Å². The Balaban J connectivity index is 1.56. The number of anilines is 3. The molecule has 2 saturated carbocycles. The molecule has 0 unspecified atom stereocenters. The van der Waals surface area contributed by atoms with Gasteiger partial charge in [-0.15, -0.1) is 0 Å². The first kappa shape index (κ1) is 21.2. The summed E-state index contributed by atoms with van der Waals surface area (Å²) in [6, 6.07) is 14.7. The molecule has 0 amide bonds. The van der Waals surface area contributed by atoms with Crippen molar-refractivity contribution in [3.05, 3.63) is 52.9 Å². The summed E-state index contributed by atoms with van der Waals surface area (Å²) in [6.07, 6.45) is 10.2. The van der Waals surface area contributed by atoms with Crippen LogP contribution in [-0.2, 0) is 6.54 Å². The fraction of sp³-hybridized carbons (Fsp3) is 0.519. The molecule has 2 fully saturated rings. The number of hydrogen-bond acceptors (Lipinski definition) is 3. The minimum absolute atomic E-state index is 0.0256. The number of aromatic nitrogens is 2. The summed E-state index contributed by atoms with van der Waals surface area (Å²) in [6.45, 7) is 5.21. The van der Waals surface area contributed by atoms with Gasteiger partial charge in [0.05, 0.1) is 22.4 Å². The Morgan fingerprint density at radius 2 is 1.81 bits per heavy atom. The first-order valence-corrected chi connectivity index (χ1v) is 12.5. The van der Waals surface area contributed by atoms with Crippen LogP contribution in [0.2, 0.25) is 0 Å². The molecule has 0 atom stereocenters. The molecule has 170 valence electrons. The quantitative estimate of drug-likeness (QED) is 0.418. The summed E-state index contributed by atoms with van der Waals surface area (Å²) in [7, 11) is 0. The van der Waals surface area contributed by atoms with Crippen molar-refractivity contribution < 1.29 is 0 Å². The van der Waals surface area contributed by atoms with Crippen LogP contribution in [0.1, 0.15) is 58.3 Å². The highest BCUT2D eigenvalue weighted by atomic mass is 16.1. The molecule has 1 heterocycles. The average molecular weight is 433 g/mol. The summed E-state index contributed by atoms with van der Waals surface area (Å²) in [5, 5.41) is 3.63. The highest BCUT2D eigenvalue weighted by molar-refractivity contribution is 5.90. The number of nitrogens with zero attached hydrogens (tertiary/aromatic N) is 2. The van der Waals surface area contributed by atoms with Gasteiger partial charge in [-0.05, 0) is 68.2 Å². The van der Waals surface area contributed by atoms with Gasteiger partial charge in [0, 0.05) is 25.3 Å². The lowest BCUT2D eigenvalue weighted by Crippen LogP contribution is -2.27. The molecule has 2 aliphatic carbocycles. The first-order valence-electron chi connectivity index (χ1n) is 12.5. The minimum atomic E-state index is 0.0256. The number of rotatable bonds is 9. The molecule has 32 heavy (non-hydrogen) atoms. The van der Waals surface area contributed by atoms with Crippen molar-refractivity contribution in [3.63, 3.8) is 0 Å². The number of benzene rings is 2. The molecular formula is C27H36N4O. The topological polar surface area (TPSA) is 53.1 Å². The molecule has 1 aromatic heterocycles. The van der Waals surface area contributed by atoms with Crippen LogP contribution in [0.25, 0.3) is 11.0 Å². The lowest BCUT2D eigenvalue weighted by Gasteiger charge is -2.28. The van der Waals surface area contributed by atoms with E-state index in [0.717, 1.165) is 54.4 Å². The highest BCUT2D eigenvalue weighted by Crippen LogP contribution is 2.37.